The summed E-state index contributed by atoms with van der Waals surface area (Å²) in [4.78, 5) is 11.6. The molecule has 0 aromatic carbocycles. The molecular weight excluding hydrogens is 288 g/mol. The summed E-state index contributed by atoms with van der Waals surface area (Å²) in [5.74, 6) is -0.315. The van der Waals surface area contributed by atoms with Crippen LogP contribution in [0.4, 0.5) is 0 Å². The quantitative estimate of drug-likeness (QED) is 0.413. The minimum absolute atomic E-state index is 0.0712. The van der Waals surface area contributed by atoms with E-state index in [4.69, 9.17) is 9.47 Å². The standard InChI is InChI=1S/C16H30O6/c1-2-3-4-5-6-7-8-9-14(18)22-11-13-16(20)15(19)12(17)10-21-13/h12-13,15-17,19-20H,2-11H2,1H3/t12-,13?,15+,16+/m1/s1. The van der Waals surface area contributed by atoms with E-state index in [9.17, 15) is 20.1 Å². The number of unbranched alkanes of at least 4 members (excludes halogenated alkanes) is 6. The lowest BCUT2D eigenvalue weighted by molar-refractivity contribution is -0.201. The van der Waals surface area contributed by atoms with Gasteiger partial charge in [0.1, 0.15) is 31.0 Å². The summed E-state index contributed by atoms with van der Waals surface area (Å²) in [5, 5.41) is 28.6. The molecule has 4 atom stereocenters. The SMILES string of the molecule is CCCCCCCCCC(=O)OCC1OC[C@@H](O)[C@H](O)[C@H]1O. The summed E-state index contributed by atoms with van der Waals surface area (Å²) in [6, 6.07) is 0. The van der Waals surface area contributed by atoms with Crippen LogP contribution in [-0.2, 0) is 14.3 Å². The van der Waals surface area contributed by atoms with Gasteiger partial charge in [0.05, 0.1) is 6.61 Å². The summed E-state index contributed by atoms with van der Waals surface area (Å²) in [7, 11) is 0. The molecule has 1 rings (SSSR count). The number of aliphatic hydroxyl groups excluding tert-OH is 3. The Morgan fingerprint density at radius 1 is 1.05 bits per heavy atom. The Morgan fingerprint density at radius 3 is 2.36 bits per heavy atom. The zero-order chi connectivity index (χ0) is 16.4. The first-order chi connectivity index (χ1) is 10.6. The molecule has 6 heteroatoms. The van der Waals surface area contributed by atoms with Gasteiger partial charge >= 0.3 is 5.97 Å². The van der Waals surface area contributed by atoms with E-state index in [2.05, 4.69) is 6.92 Å². The van der Waals surface area contributed by atoms with E-state index in [1.807, 2.05) is 0 Å². The Labute approximate surface area is 132 Å². The molecule has 6 nitrogen and oxygen atoms in total. The molecule has 1 unspecified atom stereocenters. The maximum absolute atomic E-state index is 11.6. The monoisotopic (exact) mass is 318 g/mol. The second kappa shape index (κ2) is 10.9. The van der Waals surface area contributed by atoms with Gasteiger partial charge in [-0.1, -0.05) is 45.4 Å². The highest BCUT2D eigenvalue weighted by atomic mass is 16.6. The Balaban J connectivity index is 2.06. The minimum Gasteiger partial charge on any atom is -0.463 e. The largest absolute Gasteiger partial charge is 0.463 e. The maximum atomic E-state index is 11.6. The smallest absolute Gasteiger partial charge is 0.305 e. The number of hydrogen-bond donors (Lipinski definition) is 3. The third-order valence-corrected chi connectivity index (χ3v) is 4.00. The van der Waals surface area contributed by atoms with Crippen LogP contribution >= 0.6 is 0 Å². The Kier molecular flexibility index (Phi) is 9.63. The fraction of sp³-hybridized carbons (Fsp3) is 0.938. The predicted octanol–water partition coefficient (Wildman–Crippen LogP) is 1.15. The van der Waals surface area contributed by atoms with Gasteiger partial charge in [0.15, 0.2) is 0 Å². The number of rotatable bonds is 10. The molecule has 22 heavy (non-hydrogen) atoms. The van der Waals surface area contributed by atoms with Gasteiger partial charge in [-0.2, -0.15) is 0 Å². The lowest BCUT2D eigenvalue weighted by Gasteiger charge is -2.34. The molecule has 1 aliphatic rings. The van der Waals surface area contributed by atoms with Gasteiger partial charge in [-0.15, -0.1) is 0 Å². The molecule has 0 aromatic rings. The molecule has 0 aromatic heterocycles. The predicted molar refractivity (Wildman–Crippen MR) is 81.3 cm³/mol. The van der Waals surface area contributed by atoms with Crippen LogP contribution in [0, 0.1) is 0 Å². The van der Waals surface area contributed by atoms with Crippen molar-refractivity contribution in [3.05, 3.63) is 0 Å². The first kappa shape index (κ1) is 19.4. The van der Waals surface area contributed by atoms with Crippen LogP contribution in [-0.4, -0.2) is 58.9 Å². The molecule has 1 fully saturated rings. The van der Waals surface area contributed by atoms with E-state index < -0.39 is 24.4 Å². The van der Waals surface area contributed by atoms with Gasteiger partial charge in [0.2, 0.25) is 0 Å². The van der Waals surface area contributed by atoms with Gasteiger partial charge in [-0.25, -0.2) is 0 Å². The number of ether oxygens (including phenoxy) is 2. The van der Waals surface area contributed by atoms with Crippen LogP contribution < -0.4 is 0 Å². The zero-order valence-corrected chi connectivity index (χ0v) is 13.4. The second-order valence-electron chi connectivity index (χ2n) is 5.97. The van der Waals surface area contributed by atoms with Crippen molar-refractivity contribution in [2.75, 3.05) is 13.2 Å². The van der Waals surface area contributed by atoms with Crippen LogP contribution in [0.15, 0.2) is 0 Å². The van der Waals surface area contributed by atoms with E-state index >= 15 is 0 Å². The molecule has 0 radical (unpaired) electrons. The van der Waals surface area contributed by atoms with E-state index in [1.165, 1.54) is 25.7 Å². The van der Waals surface area contributed by atoms with Crippen LogP contribution in [0.1, 0.15) is 58.3 Å². The summed E-state index contributed by atoms with van der Waals surface area (Å²) in [6.07, 6.45) is 3.91. The highest BCUT2D eigenvalue weighted by Gasteiger charge is 2.38. The number of carbonyl (C=O) groups is 1. The summed E-state index contributed by atoms with van der Waals surface area (Å²) < 4.78 is 10.2. The molecule has 1 heterocycles. The molecule has 0 saturated carbocycles. The highest BCUT2D eigenvalue weighted by Crippen LogP contribution is 2.16. The van der Waals surface area contributed by atoms with Crippen molar-refractivity contribution in [1.82, 2.24) is 0 Å². The molecule has 0 bridgehead atoms. The normalized spacial score (nSPS) is 28.5. The Hall–Kier alpha value is -0.690. The van der Waals surface area contributed by atoms with Crippen molar-refractivity contribution in [2.45, 2.75) is 82.7 Å². The molecule has 0 aliphatic carbocycles. The van der Waals surface area contributed by atoms with Gasteiger partial charge in [0.25, 0.3) is 0 Å². The first-order valence-corrected chi connectivity index (χ1v) is 8.37. The van der Waals surface area contributed by atoms with Crippen molar-refractivity contribution in [1.29, 1.82) is 0 Å². The van der Waals surface area contributed by atoms with Crippen LogP contribution in [0.25, 0.3) is 0 Å². The third-order valence-electron chi connectivity index (χ3n) is 4.00. The van der Waals surface area contributed by atoms with Crippen molar-refractivity contribution in [2.24, 2.45) is 0 Å². The van der Waals surface area contributed by atoms with Crippen LogP contribution in [0.3, 0.4) is 0 Å². The number of carbonyl (C=O) groups excluding carboxylic acids is 1. The minimum atomic E-state index is -1.26. The van der Waals surface area contributed by atoms with Crippen molar-refractivity contribution >= 4 is 5.97 Å². The van der Waals surface area contributed by atoms with Crippen molar-refractivity contribution in [3.63, 3.8) is 0 Å². The molecule has 1 aliphatic heterocycles. The summed E-state index contributed by atoms with van der Waals surface area (Å²) in [5.41, 5.74) is 0. The van der Waals surface area contributed by atoms with E-state index in [0.29, 0.717) is 6.42 Å². The average molecular weight is 318 g/mol. The fourth-order valence-corrected chi connectivity index (χ4v) is 2.49. The van der Waals surface area contributed by atoms with Crippen molar-refractivity contribution < 1.29 is 29.6 Å². The third kappa shape index (κ3) is 7.05. The first-order valence-electron chi connectivity index (χ1n) is 8.37. The summed E-state index contributed by atoms with van der Waals surface area (Å²) in [6.45, 7) is 2.02. The van der Waals surface area contributed by atoms with Crippen LogP contribution in [0.2, 0.25) is 0 Å². The Morgan fingerprint density at radius 2 is 1.68 bits per heavy atom. The number of esters is 1. The molecule has 0 amide bonds. The molecule has 0 spiro atoms. The fourth-order valence-electron chi connectivity index (χ4n) is 2.49. The number of hydrogen-bond acceptors (Lipinski definition) is 6. The van der Waals surface area contributed by atoms with Crippen molar-refractivity contribution in [3.8, 4) is 0 Å². The van der Waals surface area contributed by atoms with Gasteiger partial charge in [-0.05, 0) is 6.42 Å². The number of aliphatic hydroxyl groups is 3. The lowest BCUT2D eigenvalue weighted by atomic mass is 10.0. The average Bonchev–Trinajstić information content (AvgIpc) is 2.51. The highest BCUT2D eigenvalue weighted by molar-refractivity contribution is 5.69. The maximum Gasteiger partial charge on any atom is 0.305 e. The van der Waals surface area contributed by atoms with Gasteiger partial charge in [0, 0.05) is 6.42 Å². The van der Waals surface area contributed by atoms with E-state index in [-0.39, 0.29) is 19.2 Å². The van der Waals surface area contributed by atoms with Crippen LogP contribution in [0.5, 0.6) is 0 Å². The summed E-state index contributed by atoms with van der Waals surface area (Å²) >= 11 is 0. The molecular formula is C16H30O6. The molecule has 3 N–H and O–H groups in total. The second-order valence-corrected chi connectivity index (χ2v) is 5.97. The van der Waals surface area contributed by atoms with E-state index in [0.717, 1.165) is 19.3 Å². The topological polar surface area (TPSA) is 96.2 Å². The lowest BCUT2D eigenvalue weighted by Crippen LogP contribution is -2.54. The zero-order valence-electron chi connectivity index (χ0n) is 13.4. The van der Waals surface area contributed by atoms with E-state index in [1.54, 1.807) is 0 Å². The van der Waals surface area contributed by atoms with Gasteiger partial charge in [-0.3, -0.25) is 4.79 Å². The molecule has 130 valence electrons. The molecule has 1 saturated heterocycles. The van der Waals surface area contributed by atoms with Gasteiger partial charge < -0.3 is 24.8 Å². The Bertz CT molecular complexity index is 309.